The van der Waals surface area contributed by atoms with Crippen molar-refractivity contribution < 1.29 is 24.3 Å². The van der Waals surface area contributed by atoms with Gasteiger partial charge in [0.15, 0.2) is 0 Å². The summed E-state index contributed by atoms with van der Waals surface area (Å²) in [6.45, 7) is 0. The molecule has 0 aliphatic carbocycles. The Labute approximate surface area is 106 Å². The number of nitrogens with two attached hydrogens (primary N) is 1. The van der Waals surface area contributed by atoms with Crippen molar-refractivity contribution in [2.75, 3.05) is 0 Å². The van der Waals surface area contributed by atoms with Crippen molar-refractivity contribution in [3.8, 4) is 0 Å². The van der Waals surface area contributed by atoms with Crippen LogP contribution >= 0.6 is 23.5 Å². The average Bonchev–Trinajstić information content (AvgIpc) is 2.14. The highest BCUT2D eigenvalue weighted by Crippen LogP contribution is 2.40. The van der Waals surface area contributed by atoms with Gasteiger partial charge < -0.3 is 20.6 Å². The molecular weight excluding hydrogens is 313 g/mol. The summed E-state index contributed by atoms with van der Waals surface area (Å²) in [7, 11) is -4.13. The molecule has 0 bridgehead atoms. The van der Waals surface area contributed by atoms with Gasteiger partial charge in [-0.25, -0.2) is 0 Å². The Bertz CT molecular complexity index is 486. The summed E-state index contributed by atoms with van der Waals surface area (Å²) in [5.74, 6) is -1.17. The summed E-state index contributed by atoms with van der Waals surface area (Å²) in [6.07, 6.45) is -0.395. The van der Waals surface area contributed by atoms with Crippen LogP contribution in [0.15, 0.2) is 22.7 Å². The van der Waals surface area contributed by atoms with Crippen molar-refractivity contribution in [1.82, 2.24) is 0 Å². The molecule has 0 aliphatic heterocycles. The van der Waals surface area contributed by atoms with Crippen molar-refractivity contribution >= 4 is 29.5 Å². The van der Waals surface area contributed by atoms with Crippen LogP contribution in [0.4, 0.5) is 0 Å². The standard InChI is InChI=1S/C9H11BrNO5P/c10-7-3-5(4-17(14,15)16)1-2-6(7)8(11)9(12)13/h1-3,8H,4,11H2,(H,12,13)(H2,14,15,16). The van der Waals surface area contributed by atoms with Crippen LogP contribution in [0.5, 0.6) is 0 Å². The van der Waals surface area contributed by atoms with E-state index in [1.54, 1.807) is 0 Å². The topological polar surface area (TPSA) is 121 Å². The maximum Gasteiger partial charge on any atom is 0.329 e. The molecule has 1 aromatic carbocycles. The fourth-order valence-electron chi connectivity index (χ4n) is 1.29. The molecule has 6 nitrogen and oxygen atoms in total. The molecule has 0 amide bonds. The molecule has 94 valence electrons. The predicted molar refractivity (Wildman–Crippen MR) is 64.5 cm³/mol. The summed E-state index contributed by atoms with van der Waals surface area (Å²) in [5, 5.41) is 8.75. The van der Waals surface area contributed by atoms with E-state index in [-0.39, 0.29) is 0 Å². The van der Waals surface area contributed by atoms with Crippen molar-refractivity contribution in [3.05, 3.63) is 33.8 Å². The van der Waals surface area contributed by atoms with Crippen LogP contribution < -0.4 is 5.73 Å². The molecule has 0 aliphatic rings. The summed E-state index contributed by atoms with van der Waals surface area (Å²) in [5.41, 5.74) is 6.20. The van der Waals surface area contributed by atoms with Gasteiger partial charge in [0.25, 0.3) is 0 Å². The first-order chi connectivity index (χ1) is 7.70. The van der Waals surface area contributed by atoms with Gasteiger partial charge in [0.2, 0.25) is 0 Å². The Morgan fingerprint density at radius 3 is 2.47 bits per heavy atom. The SMILES string of the molecule is NC(C(=O)O)c1ccc(CP(=O)(O)O)cc1Br. The highest BCUT2D eigenvalue weighted by atomic mass is 79.9. The number of hydrogen-bond acceptors (Lipinski definition) is 3. The van der Waals surface area contributed by atoms with Crippen LogP contribution in [0.1, 0.15) is 17.2 Å². The Hall–Kier alpha value is -0.720. The first-order valence-electron chi connectivity index (χ1n) is 4.52. The first-order valence-corrected chi connectivity index (χ1v) is 7.11. The average molecular weight is 324 g/mol. The molecule has 1 unspecified atom stereocenters. The van der Waals surface area contributed by atoms with Gasteiger partial charge in [0, 0.05) is 4.47 Å². The minimum Gasteiger partial charge on any atom is -0.480 e. The molecule has 17 heavy (non-hydrogen) atoms. The van der Waals surface area contributed by atoms with Gasteiger partial charge in [-0.1, -0.05) is 28.1 Å². The fraction of sp³-hybridized carbons (Fsp3) is 0.222. The van der Waals surface area contributed by atoms with E-state index >= 15 is 0 Å². The smallest absolute Gasteiger partial charge is 0.329 e. The summed E-state index contributed by atoms with van der Waals surface area (Å²) in [6, 6.07) is 3.17. The fourth-order valence-corrected chi connectivity index (χ4v) is 2.64. The Balaban J connectivity index is 3.02. The van der Waals surface area contributed by atoms with E-state index in [2.05, 4.69) is 15.9 Å². The summed E-state index contributed by atoms with van der Waals surface area (Å²) in [4.78, 5) is 28.3. The second-order valence-electron chi connectivity index (χ2n) is 3.49. The van der Waals surface area contributed by atoms with Gasteiger partial charge in [-0.05, 0) is 17.2 Å². The zero-order valence-corrected chi connectivity index (χ0v) is 11.1. The number of carboxylic acid groups (broad SMARTS) is 1. The first kappa shape index (κ1) is 14.3. The molecule has 8 heteroatoms. The van der Waals surface area contributed by atoms with E-state index in [1.807, 2.05) is 0 Å². The van der Waals surface area contributed by atoms with Crippen molar-refractivity contribution in [2.24, 2.45) is 5.73 Å². The molecule has 0 saturated heterocycles. The van der Waals surface area contributed by atoms with Crippen molar-refractivity contribution in [3.63, 3.8) is 0 Å². The second kappa shape index (κ2) is 5.29. The minimum absolute atomic E-state index is 0.354. The number of hydrogen-bond donors (Lipinski definition) is 4. The molecular formula is C9H11BrNO5P. The molecule has 1 atom stereocenters. The van der Waals surface area contributed by atoms with Crippen molar-refractivity contribution in [2.45, 2.75) is 12.2 Å². The lowest BCUT2D eigenvalue weighted by Crippen LogP contribution is -2.21. The van der Waals surface area contributed by atoms with Gasteiger partial charge >= 0.3 is 13.6 Å². The van der Waals surface area contributed by atoms with E-state index in [4.69, 9.17) is 20.6 Å². The quantitative estimate of drug-likeness (QED) is 0.618. The van der Waals surface area contributed by atoms with Gasteiger partial charge in [-0.15, -0.1) is 0 Å². The molecule has 0 spiro atoms. The number of halogens is 1. The maximum atomic E-state index is 10.8. The van der Waals surface area contributed by atoms with E-state index in [9.17, 15) is 9.36 Å². The highest BCUT2D eigenvalue weighted by Gasteiger charge is 2.19. The molecule has 5 N–H and O–H groups in total. The van der Waals surface area contributed by atoms with Gasteiger partial charge in [0.1, 0.15) is 6.04 Å². The molecule has 1 rings (SSSR count). The second-order valence-corrected chi connectivity index (χ2v) is 5.99. The lowest BCUT2D eigenvalue weighted by atomic mass is 10.1. The van der Waals surface area contributed by atoms with E-state index in [1.165, 1.54) is 18.2 Å². The highest BCUT2D eigenvalue weighted by molar-refractivity contribution is 9.10. The monoisotopic (exact) mass is 323 g/mol. The van der Waals surface area contributed by atoms with Crippen molar-refractivity contribution in [1.29, 1.82) is 0 Å². The molecule has 0 saturated carbocycles. The van der Waals surface area contributed by atoms with Crippen LogP contribution in [-0.4, -0.2) is 20.9 Å². The third kappa shape index (κ3) is 4.22. The molecule has 0 heterocycles. The number of benzene rings is 1. The Morgan fingerprint density at radius 2 is 2.06 bits per heavy atom. The van der Waals surface area contributed by atoms with E-state index < -0.39 is 25.8 Å². The third-order valence-electron chi connectivity index (χ3n) is 2.05. The third-order valence-corrected chi connectivity index (χ3v) is 3.52. The summed E-state index contributed by atoms with van der Waals surface area (Å²) >= 11 is 3.13. The molecule has 0 aromatic heterocycles. The number of carboxylic acids is 1. The molecule has 1 aromatic rings. The molecule has 0 fully saturated rings. The Morgan fingerprint density at radius 1 is 1.47 bits per heavy atom. The normalized spacial score (nSPS) is 13.4. The van der Waals surface area contributed by atoms with Gasteiger partial charge in [0.05, 0.1) is 6.16 Å². The number of rotatable bonds is 4. The van der Waals surface area contributed by atoms with Crippen LogP contribution in [0.2, 0.25) is 0 Å². The number of carbonyl (C=O) groups is 1. The maximum absolute atomic E-state index is 10.8. The minimum atomic E-state index is -4.13. The Kier molecular flexibility index (Phi) is 4.46. The summed E-state index contributed by atoms with van der Waals surface area (Å²) < 4.78 is 11.2. The van der Waals surface area contributed by atoms with Crippen LogP contribution in [0.3, 0.4) is 0 Å². The van der Waals surface area contributed by atoms with Gasteiger partial charge in [-0.2, -0.15) is 0 Å². The zero-order valence-electron chi connectivity index (χ0n) is 8.58. The zero-order chi connectivity index (χ0) is 13.2. The van der Waals surface area contributed by atoms with E-state index in [0.29, 0.717) is 15.6 Å². The lowest BCUT2D eigenvalue weighted by Gasteiger charge is -2.11. The van der Waals surface area contributed by atoms with E-state index in [0.717, 1.165) is 0 Å². The van der Waals surface area contributed by atoms with Crippen LogP contribution in [-0.2, 0) is 15.5 Å². The number of aliphatic carboxylic acids is 1. The predicted octanol–water partition coefficient (Wildman–Crippen LogP) is 1.21. The lowest BCUT2D eigenvalue weighted by molar-refractivity contribution is -0.138. The van der Waals surface area contributed by atoms with Crippen LogP contribution in [0.25, 0.3) is 0 Å². The van der Waals surface area contributed by atoms with Gasteiger partial charge in [-0.3, -0.25) is 9.36 Å². The molecule has 0 radical (unpaired) electrons. The largest absolute Gasteiger partial charge is 0.480 e. The van der Waals surface area contributed by atoms with Crippen LogP contribution in [0, 0.1) is 0 Å².